The van der Waals surface area contributed by atoms with Crippen LogP contribution in [0.4, 0.5) is 0 Å². The van der Waals surface area contributed by atoms with Crippen LogP contribution in [0, 0.1) is 0 Å². The predicted octanol–water partition coefficient (Wildman–Crippen LogP) is 7.25. The van der Waals surface area contributed by atoms with Gasteiger partial charge in [0.25, 0.3) is 0 Å². The van der Waals surface area contributed by atoms with E-state index in [0.717, 1.165) is 22.9 Å². The molecule has 0 aromatic heterocycles. The van der Waals surface area contributed by atoms with Crippen molar-refractivity contribution < 1.29 is 14.0 Å². The summed E-state index contributed by atoms with van der Waals surface area (Å²) in [7, 11) is 6.78. The highest BCUT2D eigenvalue weighted by atomic mass is 16.5. The lowest BCUT2D eigenvalue weighted by Crippen LogP contribution is -2.35. The topological polar surface area (TPSA) is 26.3 Å². The molecule has 0 saturated carbocycles. The summed E-state index contributed by atoms with van der Waals surface area (Å²) in [4.78, 5) is 12.4. The smallest absolute Gasteiger partial charge is 0.306 e. The fourth-order valence-corrected chi connectivity index (χ4v) is 4.40. The molecule has 32 heavy (non-hydrogen) atoms. The van der Waals surface area contributed by atoms with E-state index in [0.29, 0.717) is 13.0 Å². The van der Waals surface area contributed by atoms with Crippen LogP contribution >= 0.6 is 0 Å². The molecule has 0 atom stereocenters. The highest BCUT2D eigenvalue weighted by Gasteiger charge is 2.10. The van der Waals surface area contributed by atoms with E-state index < -0.39 is 0 Å². The molecule has 0 radical (unpaired) electrons. The quantitative estimate of drug-likeness (QED) is 0.122. The van der Waals surface area contributed by atoms with Crippen molar-refractivity contribution in [3.05, 3.63) is 60.2 Å². The third-order valence-corrected chi connectivity index (χ3v) is 6.22. The third kappa shape index (κ3) is 7.63. The summed E-state index contributed by atoms with van der Waals surface area (Å²) in [5.74, 6) is -0.0812. The minimum atomic E-state index is -0.0812. The Labute approximate surface area is 194 Å². The number of benzene rings is 3. The molecule has 0 aliphatic carbocycles. The van der Waals surface area contributed by atoms with Crippen molar-refractivity contribution >= 4 is 27.5 Å². The first-order valence-electron chi connectivity index (χ1n) is 12.3. The number of rotatable bonds is 13. The van der Waals surface area contributed by atoms with Gasteiger partial charge in [-0.25, -0.2) is 0 Å². The summed E-state index contributed by atoms with van der Waals surface area (Å²) in [6, 6.07) is 18.9. The van der Waals surface area contributed by atoms with Crippen LogP contribution in [0.2, 0.25) is 0 Å². The standard InChI is InChI=1S/C29H40NO2/c1-30(2,3)21-15-9-7-5-4-6-8-10-20-29(31)32-23-28-26-18-13-11-16-24(26)22-25-17-12-14-19-27(25)28/h11-14,16-19,22H,4-10,15,20-21,23H2,1-3H3/q+1. The summed E-state index contributed by atoms with van der Waals surface area (Å²) >= 11 is 0. The van der Waals surface area contributed by atoms with Crippen LogP contribution in [0.3, 0.4) is 0 Å². The van der Waals surface area contributed by atoms with Gasteiger partial charge in [0.15, 0.2) is 0 Å². The first-order chi connectivity index (χ1) is 15.4. The number of carbonyl (C=O) groups is 1. The largest absolute Gasteiger partial charge is 0.461 e. The van der Waals surface area contributed by atoms with E-state index in [-0.39, 0.29) is 5.97 Å². The Morgan fingerprint density at radius 3 is 1.78 bits per heavy atom. The zero-order valence-corrected chi connectivity index (χ0v) is 20.2. The van der Waals surface area contributed by atoms with Gasteiger partial charge in [0.05, 0.1) is 27.7 Å². The number of carbonyl (C=O) groups excluding carboxylic acids is 1. The maximum atomic E-state index is 12.4. The molecule has 0 bridgehead atoms. The van der Waals surface area contributed by atoms with Crippen LogP contribution < -0.4 is 0 Å². The van der Waals surface area contributed by atoms with E-state index in [2.05, 4.69) is 63.6 Å². The van der Waals surface area contributed by atoms with Crippen molar-refractivity contribution in [3.63, 3.8) is 0 Å². The zero-order chi connectivity index (χ0) is 22.8. The van der Waals surface area contributed by atoms with Gasteiger partial charge in [-0.05, 0) is 46.9 Å². The molecular formula is C29H40NO2+. The summed E-state index contributed by atoms with van der Waals surface area (Å²) in [5.41, 5.74) is 1.11. The summed E-state index contributed by atoms with van der Waals surface area (Å²) in [5, 5.41) is 4.71. The molecule has 3 heteroatoms. The Kier molecular flexibility index (Phi) is 9.11. The molecule has 0 amide bonds. The van der Waals surface area contributed by atoms with Crippen molar-refractivity contribution in [1.82, 2.24) is 0 Å². The lowest BCUT2D eigenvalue weighted by atomic mass is 9.97. The van der Waals surface area contributed by atoms with Gasteiger partial charge in [0, 0.05) is 12.0 Å². The fraction of sp³-hybridized carbons (Fsp3) is 0.483. The van der Waals surface area contributed by atoms with Crippen molar-refractivity contribution in [1.29, 1.82) is 0 Å². The number of fused-ring (bicyclic) bond motifs is 2. The van der Waals surface area contributed by atoms with E-state index in [1.54, 1.807) is 0 Å². The number of quaternary nitrogens is 1. The minimum absolute atomic E-state index is 0.0812. The maximum Gasteiger partial charge on any atom is 0.306 e. The van der Waals surface area contributed by atoms with Crippen LogP contribution in [-0.4, -0.2) is 38.1 Å². The van der Waals surface area contributed by atoms with E-state index in [1.807, 2.05) is 12.1 Å². The zero-order valence-electron chi connectivity index (χ0n) is 20.2. The second-order valence-electron chi connectivity index (χ2n) is 10.1. The van der Waals surface area contributed by atoms with Gasteiger partial charge in [0.1, 0.15) is 6.61 Å². The molecule has 0 fully saturated rings. The first-order valence-corrected chi connectivity index (χ1v) is 12.3. The number of nitrogens with zero attached hydrogens (tertiary/aromatic N) is 1. The summed E-state index contributed by atoms with van der Waals surface area (Å²) in [6.07, 6.45) is 10.4. The van der Waals surface area contributed by atoms with Crippen LogP contribution in [0.1, 0.15) is 63.4 Å². The monoisotopic (exact) mass is 434 g/mol. The van der Waals surface area contributed by atoms with Gasteiger partial charge in [-0.3, -0.25) is 4.79 Å². The molecule has 3 rings (SSSR count). The molecule has 0 spiro atoms. The van der Waals surface area contributed by atoms with Crippen molar-refractivity contribution in [2.45, 2.75) is 64.4 Å². The normalized spacial score (nSPS) is 11.8. The van der Waals surface area contributed by atoms with Gasteiger partial charge in [-0.15, -0.1) is 0 Å². The number of unbranched alkanes of at least 4 members (excludes halogenated alkanes) is 7. The second-order valence-corrected chi connectivity index (χ2v) is 10.1. The van der Waals surface area contributed by atoms with Gasteiger partial charge in [0.2, 0.25) is 0 Å². The summed E-state index contributed by atoms with van der Waals surface area (Å²) < 4.78 is 6.77. The molecule has 0 heterocycles. The van der Waals surface area contributed by atoms with Gasteiger partial charge in [-0.1, -0.05) is 80.6 Å². The van der Waals surface area contributed by atoms with Crippen LogP contribution in [-0.2, 0) is 16.1 Å². The Bertz CT molecular complexity index is 949. The van der Waals surface area contributed by atoms with Gasteiger partial charge < -0.3 is 9.22 Å². The fourth-order valence-electron chi connectivity index (χ4n) is 4.40. The lowest BCUT2D eigenvalue weighted by Gasteiger charge is -2.23. The molecular weight excluding hydrogens is 394 g/mol. The SMILES string of the molecule is C[N+](C)(C)CCCCCCCCCCC(=O)OCc1c2ccccc2cc2ccccc12. The average molecular weight is 435 g/mol. The molecule has 0 unspecified atom stereocenters. The molecule has 0 aliphatic heterocycles. The van der Waals surface area contributed by atoms with Crippen molar-refractivity contribution in [2.75, 3.05) is 27.7 Å². The number of ether oxygens (including phenoxy) is 1. The third-order valence-electron chi connectivity index (χ3n) is 6.22. The van der Waals surface area contributed by atoms with E-state index in [9.17, 15) is 4.79 Å². The van der Waals surface area contributed by atoms with Gasteiger partial charge >= 0.3 is 5.97 Å². The number of esters is 1. The van der Waals surface area contributed by atoms with Crippen LogP contribution in [0.15, 0.2) is 54.6 Å². The number of hydrogen-bond donors (Lipinski definition) is 0. The Morgan fingerprint density at radius 2 is 1.22 bits per heavy atom. The number of hydrogen-bond acceptors (Lipinski definition) is 2. The highest BCUT2D eigenvalue weighted by Crippen LogP contribution is 2.29. The molecule has 172 valence electrons. The van der Waals surface area contributed by atoms with E-state index in [4.69, 9.17) is 4.74 Å². The Morgan fingerprint density at radius 1 is 0.719 bits per heavy atom. The Hall–Kier alpha value is -2.39. The predicted molar refractivity (Wildman–Crippen MR) is 136 cm³/mol. The second kappa shape index (κ2) is 12.0. The van der Waals surface area contributed by atoms with Crippen molar-refractivity contribution in [3.8, 4) is 0 Å². The maximum absolute atomic E-state index is 12.4. The molecule has 0 N–H and O–H groups in total. The molecule has 0 aliphatic rings. The highest BCUT2D eigenvalue weighted by molar-refractivity contribution is 6.02. The molecule has 0 saturated heterocycles. The minimum Gasteiger partial charge on any atom is -0.461 e. The molecule has 3 nitrogen and oxygen atoms in total. The molecule has 3 aromatic carbocycles. The lowest BCUT2D eigenvalue weighted by molar-refractivity contribution is -0.870. The van der Waals surface area contributed by atoms with Crippen LogP contribution in [0.5, 0.6) is 0 Å². The summed E-state index contributed by atoms with van der Waals surface area (Å²) in [6.45, 7) is 1.60. The van der Waals surface area contributed by atoms with Gasteiger partial charge in [-0.2, -0.15) is 0 Å². The first kappa shape index (κ1) is 24.3. The van der Waals surface area contributed by atoms with E-state index in [1.165, 1.54) is 66.6 Å². The van der Waals surface area contributed by atoms with Crippen LogP contribution in [0.25, 0.3) is 21.5 Å². The Balaban J connectivity index is 1.36. The average Bonchev–Trinajstić information content (AvgIpc) is 2.77. The van der Waals surface area contributed by atoms with Crippen molar-refractivity contribution in [2.24, 2.45) is 0 Å². The van der Waals surface area contributed by atoms with E-state index >= 15 is 0 Å². The molecule has 3 aromatic rings.